The number of piperidine rings is 1. The number of amides is 1. The number of carbonyl (C=O) groups excluding carboxylic acids is 1. The van der Waals surface area contributed by atoms with Gasteiger partial charge in [0, 0.05) is 33.2 Å². The second kappa shape index (κ2) is 6.16. The first-order valence-electron chi connectivity index (χ1n) is 7.58. The molecule has 1 amide bonds. The molecule has 116 valence electrons. The largest absolute Gasteiger partial charge is 0.347 e. The summed E-state index contributed by atoms with van der Waals surface area (Å²) in [4.78, 5) is 16.6. The topological polar surface area (TPSA) is 49.6 Å². The Morgan fingerprint density at radius 1 is 1.33 bits per heavy atom. The predicted octanol–water partition coefficient (Wildman–Crippen LogP) is 1.88. The fourth-order valence-electron chi connectivity index (χ4n) is 3.03. The minimum Gasteiger partial charge on any atom is -0.347 e. The van der Waals surface area contributed by atoms with E-state index in [1.54, 1.807) is 4.90 Å². The van der Waals surface area contributed by atoms with Crippen LogP contribution in [0.4, 0.5) is 0 Å². The molecule has 2 unspecified atom stereocenters. The van der Waals surface area contributed by atoms with Gasteiger partial charge in [0.05, 0.1) is 0 Å². The third-order valence-electron chi connectivity index (χ3n) is 4.50. The quantitative estimate of drug-likeness (QED) is 0.924. The van der Waals surface area contributed by atoms with E-state index < -0.39 is 0 Å². The maximum absolute atomic E-state index is 12.7. The highest BCUT2D eigenvalue weighted by atomic mass is 16.2. The van der Waals surface area contributed by atoms with Crippen LogP contribution in [0, 0.1) is 5.41 Å². The van der Waals surface area contributed by atoms with Gasteiger partial charge in [0.2, 0.25) is 5.91 Å². The van der Waals surface area contributed by atoms with Crippen LogP contribution in [-0.2, 0) is 4.79 Å². The fraction of sp³-hybridized carbons (Fsp3) is 0.588. The average Bonchev–Trinajstić information content (AvgIpc) is 2.43. The SMILES string of the molecule is CN(C)C(=O)C(c1ccccc1)N1CCC(N)C(C)(C)C1. The molecule has 4 nitrogen and oxygen atoms in total. The van der Waals surface area contributed by atoms with Gasteiger partial charge < -0.3 is 10.6 Å². The van der Waals surface area contributed by atoms with Crippen LogP contribution >= 0.6 is 0 Å². The van der Waals surface area contributed by atoms with E-state index in [1.807, 2.05) is 44.4 Å². The van der Waals surface area contributed by atoms with Crippen molar-refractivity contribution < 1.29 is 4.79 Å². The van der Waals surface area contributed by atoms with Gasteiger partial charge >= 0.3 is 0 Å². The van der Waals surface area contributed by atoms with Crippen LogP contribution in [0.25, 0.3) is 0 Å². The highest BCUT2D eigenvalue weighted by Gasteiger charge is 2.39. The maximum Gasteiger partial charge on any atom is 0.244 e. The lowest BCUT2D eigenvalue weighted by Crippen LogP contribution is -2.55. The van der Waals surface area contributed by atoms with Crippen LogP contribution < -0.4 is 5.73 Å². The molecule has 1 saturated heterocycles. The summed E-state index contributed by atoms with van der Waals surface area (Å²) < 4.78 is 0. The molecule has 0 aliphatic carbocycles. The van der Waals surface area contributed by atoms with Gasteiger partial charge in [-0.2, -0.15) is 0 Å². The number of carbonyl (C=O) groups is 1. The van der Waals surface area contributed by atoms with Crippen LogP contribution in [0.5, 0.6) is 0 Å². The summed E-state index contributed by atoms with van der Waals surface area (Å²) >= 11 is 0. The van der Waals surface area contributed by atoms with Gasteiger partial charge in [0.25, 0.3) is 0 Å². The molecule has 2 rings (SSSR count). The van der Waals surface area contributed by atoms with Crippen LogP contribution in [0.2, 0.25) is 0 Å². The number of likely N-dealkylation sites (N-methyl/N-ethyl adjacent to an activating group) is 1. The van der Waals surface area contributed by atoms with Crippen molar-refractivity contribution in [2.75, 3.05) is 27.2 Å². The van der Waals surface area contributed by atoms with E-state index in [9.17, 15) is 4.79 Å². The van der Waals surface area contributed by atoms with Gasteiger partial charge in [-0.3, -0.25) is 9.69 Å². The Hall–Kier alpha value is -1.39. The molecule has 0 saturated carbocycles. The Balaban J connectivity index is 2.31. The van der Waals surface area contributed by atoms with Gasteiger partial charge in [-0.05, 0) is 17.4 Å². The molecule has 0 bridgehead atoms. The molecule has 1 aliphatic rings. The molecule has 1 heterocycles. The minimum absolute atomic E-state index is 0.0257. The molecule has 0 radical (unpaired) electrons. The van der Waals surface area contributed by atoms with E-state index in [4.69, 9.17) is 5.73 Å². The van der Waals surface area contributed by atoms with Crippen molar-refractivity contribution in [3.8, 4) is 0 Å². The van der Waals surface area contributed by atoms with Crippen LogP contribution in [0.3, 0.4) is 0 Å². The lowest BCUT2D eigenvalue weighted by molar-refractivity contribution is -0.136. The maximum atomic E-state index is 12.7. The van der Waals surface area contributed by atoms with Crippen LogP contribution in [-0.4, -0.2) is 48.9 Å². The molecule has 1 aliphatic heterocycles. The van der Waals surface area contributed by atoms with Crippen molar-refractivity contribution in [3.05, 3.63) is 35.9 Å². The number of rotatable bonds is 3. The summed E-state index contributed by atoms with van der Waals surface area (Å²) in [7, 11) is 3.64. The van der Waals surface area contributed by atoms with E-state index in [0.29, 0.717) is 0 Å². The van der Waals surface area contributed by atoms with E-state index in [2.05, 4.69) is 18.7 Å². The first-order valence-corrected chi connectivity index (χ1v) is 7.58. The van der Waals surface area contributed by atoms with Crippen molar-refractivity contribution in [1.82, 2.24) is 9.80 Å². The molecule has 0 aromatic heterocycles. The average molecular weight is 289 g/mol. The molecule has 1 aromatic carbocycles. The lowest BCUT2D eigenvalue weighted by atomic mass is 9.79. The third-order valence-corrected chi connectivity index (χ3v) is 4.50. The van der Waals surface area contributed by atoms with Crippen LogP contribution in [0.1, 0.15) is 31.9 Å². The highest BCUT2D eigenvalue weighted by Crippen LogP contribution is 2.33. The third kappa shape index (κ3) is 3.44. The number of nitrogens with two attached hydrogens (primary N) is 1. The number of hydrogen-bond donors (Lipinski definition) is 1. The van der Waals surface area contributed by atoms with Gasteiger partial charge in [-0.1, -0.05) is 44.2 Å². The molecule has 4 heteroatoms. The molecule has 1 aromatic rings. The molecule has 2 atom stereocenters. The van der Waals surface area contributed by atoms with Gasteiger partial charge in [0.1, 0.15) is 6.04 Å². The van der Waals surface area contributed by atoms with Crippen molar-refractivity contribution in [3.63, 3.8) is 0 Å². The van der Waals surface area contributed by atoms with E-state index in [0.717, 1.165) is 25.1 Å². The summed E-state index contributed by atoms with van der Waals surface area (Å²) in [6, 6.07) is 10.0. The second-order valence-electron chi connectivity index (χ2n) is 6.90. The number of benzene rings is 1. The summed E-state index contributed by atoms with van der Waals surface area (Å²) in [5.41, 5.74) is 7.31. The van der Waals surface area contributed by atoms with Gasteiger partial charge in [-0.15, -0.1) is 0 Å². The lowest BCUT2D eigenvalue weighted by Gasteiger charge is -2.45. The zero-order valence-corrected chi connectivity index (χ0v) is 13.5. The molecule has 21 heavy (non-hydrogen) atoms. The van der Waals surface area contributed by atoms with Gasteiger partial charge in [-0.25, -0.2) is 0 Å². The molecule has 2 N–H and O–H groups in total. The smallest absolute Gasteiger partial charge is 0.244 e. The van der Waals surface area contributed by atoms with E-state index >= 15 is 0 Å². The Labute approximate surface area is 127 Å². The predicted molar refractivity (Wildman–Crippen MR) is 85.8 cm³/mol. The summed E-state index contributed by atoms with van der Waals surface area (Å²) in [5, 5.41) is 0. The number of nitrogens with zero attached hydrogens (tertiary/aromatic N) is 2. The normalized spacial score (nSPS) is 23.6. The summed E-state index contributed by atoms with van der Waals surface area (Å²) in [6.45, 7) is 6.08. The van der Waals surface area contributed by atoms with Crippen LogP contribution in [0.15, 0.2) is 30.3 Å². The van der Waals surface area contributed by atoms with Crippen molar-refractivity contribution >= 4 is 5.91 Å². The van der Waals surface area contributed by atoms with Crippen molar-refractivity contribution in [2.45, 2.75) is 32.4 Å². The highest BCUT2D eigenvalue weighted by molar-refractivity contribution is 5.82. The van der Waals surface area contributed by atoms with Crippen molar-refractivity contribution in [1.29, 1.82) is 0 Å². The standard InChI is InChI=1S/C17H27N3O/c1-17(2)12-20(11-10-14(17)18)15(16(21)19(3)4)13-8-6-5-7-9-13/h5-9,14-15H,10-12,18H2,1-4H3. The van der Waals surface area contributed by atoms with Gasteiger partial charge in [0.15, 0.2) is 0 Å². The first-order chi connectivity index (χ1) is 9.83. The molecule has 0 spiro atoms. The number of likely N-dealkylation sites (tertiary alicyclic amines) is 1. The Morgan fingerprint density at radius 3 is 2.48 bits per heavy atom. The Morgan fingerprint density at radius 2 is 1.95 bits per heavy atom. The molecule has 1 fully saturated rings. The fourth-order valence-corrected chi connectivity index (χ4v) is 3.03. The monoisotopic (exact) mass is 289 g/mol. The van der Waals surface area contributed by atoms with Crippen molar-refractivity contribution in [2.24, 2.45) is 11.1 Å². The summed E-state index contributed by atoms with van der Waals surface area (Å²) in [5.74, 6) is 0.132. The first kappa shape index (κ1) is 16.0. The second-order valence-corrected chi connectivity index (χ2v) is 6.90. The molecular weight excluding hydrogens is 262 g/mol. The Bertz CT molecular complexity index is 484. The van der Waals surface area contributed by atoms with E-state index in [1.165, 1.54) is 0 Å². The Kier molecular flexibility index (Phi) is 4.69. The zero-order chi connectivity index (χ0) is 15.6. The number of hydrogen-bond acceptors (Lipinski definition) is 3. The zero-order valence-electron chi connectivity index (χ0n) is 13.5. The summed E-state index contributed by atoms with van der Waals surface area (Å²) in [6.07, 6.45) is 0.928. The molecular formula is C17H27N3O. The van der Waals surface area contributed by atoms with E-state index in [-0.39, 0.29) is 23.4 Å². The minimum atomic E-state index is -0.215.